The van der Waals surface area contributed by atoms with Gasteiger partial charge >= 0.3 is 5.97 Å². The highest BCUT2D eigenvalue weighted by Gasteiger charge is 2.35. The number of ether oxygens (including phenoxy) is 3. The van der Waals surface area contributed by atoms with E-state index in [4.69, 9.17) is 14.2 Å². The van der Waals surface area contributed by atoms with Crippen molar-refractivity contribution in [1.29, 1.82) is 0 Å². The molecule has 0 radical (unpaired) electrons. The molecule has 22 heavy (non-hydrogen) atoms. The Balaban J connectivity index is 1.74. The van der Waals surface area contributed by atoms with Crippen LogP contribution in [0.1, 0.15) is 29.6 Å². The van der Waals surface area contributed by atoms with Gasteiger partial charge in [0.15, 0.2) is 6.23 Å². The van der Waals surface area contributed by atoms with Gasteiger partial charge in [-0.3, -0.25) is 4.79 Å². The molecule has 1 fully saturated rings. The van der Waals surface area contributed by atoms with Crippen molar-refractivity contribution in [2.75, 3.05) is 20.3 Å². The Kier molecular flexibility index (Phi) is 6.36. The smallest absolute Gasteiger partial charge is 0.340 e. The predicted octanol–water partition coefficient (Wildman–Crippen LogP) is 1.50. The topological polar surface area (TPSA) is 73.9 Å². The Labute approximate surface area is 129 Å². The quantitative estimate of drug-likeness (QED) is 0.582. The maximum absolute atomic E-state index is 11.9. The highest BCUT2D eigenvalue weighted by molar-refractivity contribution is 5.90. The molecule has 0 bridgehead atoms. The van der Waals surface area contributed by atoms with Gasteiger partial charge in [-0.25, -0.2) is 4.79 Å². The van der Waals surface area contributed by atoms with Crippen molar-refractivity contribution < 1.29 is 23.8 Å². The number of hydrogen-bond acceptors (Lipinski definition) is 5. The zero-order valence-corrected chi connectivity index (χ0v) is 12.6. The second-order valence-electron chi connectivity index (χ2n) is 5.06. The van der Waals surface area contributed by atoms with E-state index >= 15 is 0 Å². The fourth-order valence-corrected chi connectivity index (χ4v) is 2.18. The zero-order valence-electron chi connectivity index (χ0n) is 12.6. The van der Waals surface area contributed by atoms with Crippen LogP contribution >= 0.6 is 0 Å². The number of benzene rings is 1. The zero-order chi connectivity index (χ0) is 15.8. The van der Waals surface area contributed by atoms with Gasteiger partial charge in [0.1, 0.15) is 6.10 Å². The summed E-state index contributed by atoms with van der Waals surface area (Å²) >= 11 is 0. The molecule has 0 saturated carbocycles. The van der Waals surface area contributed by atoms with E-state index in [1.165, 1.54) is 0 Å². The Hall–Kier alpha value is -1.92. The van der Waals surface area contributed by atoms with Crippen LogP contribution in [0.2, 0.25) is 0 Å². The molecule has 1 amide bonds. The summed E-state index contributed by atoms with van der Waals surface area (Å²) in [5, 5.41) is 2.63. The van der Waals surface area contributed by atoms with E-state index in [1.54, 1.807) is 31.4 Å². The van der Waals surface area contributed by atoms with Crippen LogP contribution in [-0.4, -0.2) is 44.5 Å². The largest absolute Gasteiger partial charge is 0.438 e. The predicted molar refractivity (Wildman–Crippen MR) is 79.3 cm³/mol. The molecule has 0 aromatic heterocycles. The molecule has 2 atom stereocenters. The van der Waals surface area contributed by atoms with Crippen LogP contribution < -0.4 is 5.32 Å². The number of nitrogens with one attached hydrogen (secondary N) is 1. The van der Waals surface area contributed by atoms with Crippen molar-refractivity contribution >= 4 is 11.9 Å². The minimum absolute atomic E-state index is 0.238. The van der Waals surface area contributed by atoms with E-state index in [0.717, 1.165) is 12.8 Å². The van der Waals surface area contributed by atoms with Gasteiger partial charge in [-0.1, -0.05) is 18.2 Å². The highest BCUT2D eigenvalue weighted by atomic mass is 16.6. The minimum Gasteiger partial charge on any atom is -0.438 e. The average molecular weight is 307 g/mol. The van der Waals surface area contributed by atoms with E-state index in [-0.39, 0.29) is 5.91 Å². The third-order valence-electron chi connectivity index (χ3n) is 3.34. The molecule has 1 aromatic carbocycles. The third kappa shape index (κ3) is 4.82. The van der Waals surface area contributed by atoms with Gasteiger partial charge in [0.2, 0.25) is 0 Å². The third-order valence-corrected chi connectivity index (χ3v) is 3.34. The minimum atomic E-state index is -0.635. The van der Waals surface area contributed by atoms with E-state index in [0.29, 0.717) is 25.2 Å². The Bertz CT molecular complexity index is 491. The molecular formula is C16H21NO5. The van der Waals surface area contributed by atoms with Gasteiger partial charge in [-0.15, -0.1) is 0 Å². The number of methoxy groups -OCH3 is 1. The van der Waals surface area contributed by atoms with Crippen LogP contribution in [-0.2, 0) is 19.0 Å². The summed E-state index contributed by atoms with van der Waals surface area (Å²) in [5.74, 6) is -0.691. The maximum atomic E-state index is 11.9. The molecule has 120 valence electrons. The van der Waals surface area contributed by atoms with Gasteiger partial charge in [0.25, 0.3) is 5.91 Å². The number of carbonyl (C=O) groups excluding carboxylic acids is 2. The van der Waals surface area contributed by atoms with Crippen molar-refractivity contribution in [2.24, 2.45) is 0 Å². The van der Waals surface area contributed by atoms with Crippen LogP contribution in [0, 0.1) is 0 Å². The summed E-state index contributed by atoms with van der Waals surface area (Å²) < 4.78 is 15.7. The standard InChI is InChI=1S/C16H21NO5/c1-20-9-5-6-10-21-13-11-14(17-15(13)18)22-16(19)12-7-3-2-4-8-12/h2-4,7-8,13-14H,5-6,9-11H2,1H3,(H,17,18). The summed E-state index contributed by atoms with van der Waals surface area (Å²) in [6, 6.07) is 8.68. The lowest BCUT2D eigenvalue weighted by Crippen LogP contribution is -2.31. The number of esters is 1. The molecule has 2 unspecified atom stereocenters. The Morgan fingerprint density at radius 3 is 2.68 bits per heavy atom. The van der Waals surface area contributed by atoms with E-state index in [9.17, 15) is 9.59 Å². The van der Waals surface area contributed by atoms with Crippen LogP contribution in [0.5, 0.6) is 0 Å². The van der Waals surface area contributed by atoms with Crippen molar-refractivity contribution in [3.05, 3.63) is 35.9 Å². The molecule has 1 aliphatic rings. The fraction of sp³-hybridized carbons (Fsp3) is 0.500. The molecule has 1 N–H and O–H groups in total. The number of unbranched alkanes of at least 4 members (excludes halogenated alkanes) is 1. The van der Waals surface area contributed by atoms with E-state index in [2.05, 4.69) is 5.32 Å². The molecule has 0 spiro atoms. The van der Waals surface area contributed by atoms with Gasteiger partial charge in [0.05, 0.1) is 5.56 Å². The van der Waals surface area contributed by atoms with Crippen LogP contribution in [0.25, 0.3) is 0 Å². The summed E-state index contributed by atoms with van der Waals surface area (Å²) in [6.07, 6.45) is 0.852. The molecular weight excluding hydrogens is 286 g/mol. The van der Waals surface area contributed by atoms with Crippen molar-refractivity contribution in [2.45, 2.75) is 31.6 Å². The molecule has 6 heteroatoms. The summed E-state index contributed by atoms with van der Waals surface area (Å²) in [5.41, 5.74) is 0.459. The van der Waals surface area contributed by atoms with Gasteiger partial charge in [0, 0.05) is 26.7 Å². The SMILES string of the molecule is COCCCCOC1CC(OC(=O)c2ccccc2)NC1=O. The van der Waals surface area contributed by atoms with E-state index < -0.39 is 18.3 Å². The lowest BCUT2D eigenvalue weighted by Gasteiger charge is -2.11. The van der Waals surface area contributed by atoms with Gasteiger partial charge in [-0.2, -0.15) is 0 Å². The van der Waals surface area contributed by atoms with Crippen molar-refractivity contribution in [3.8, 4) is 0 Å². The van der Waals surface area contributed by atoms with Gasteiger partial charge < -0.3 is 19.5 Å². The summed E-state index contributed by atoms with van der Waals surface area (Å²) in [7, 11) is 1.65. The lowest BCUT2D eigenvalue weighted by atomic mass is 10.2. The number of hydrogen-bond donors (Lipinski definition) is 1. The molecule has 1 heterocycles. The van der Waals surface area contributed by atoms with Crippen molar-refractivity contribution in [1.82, 2.24) is 5.32 Å². The molecule has 1 saturated heterocycles. The lowest BCUT2D eigenvalue weighted by molar-refractivity contribution is -0.129. The average Bonchev–Trinajstić information content (AvgIpc) is 2.87. The maximum Gasteiger partial charge on any atom is 0.340 e. The number of rotatable bonds is 8. The second kappa shape index (κ2) is 8.51. The van der Waals surface area contributed by atoms with Gasteiger partial charge in [-0.05, 0) is 25.0 Å². The van der Waals surface area contributed by atoms with Crippen LogP contribution in [0.3, 0.4) is 0 Å². The van der Waals surface area contributed by atoms with E-state index in [1.807, 2.05) is 6.07 Å². The fourth-order valence-electron chi connectivity index (χ4n) is 2.18. The first-order valence-corrected chi connectivity index (χ1v) is 7.37. The number of amides is 1. The Morgan fingerprint density at radius 2 is 1.95 bits per heavy atom. The first kappa shape index (κ1) is 16.5. The molecule has 2 rings (SSSR count). The summed E-state index contributed by atoms with van der Waals surface area (Å²) in [4.78, 5) is 23.7. The first-order chi connectivity index (χ1) is 10.7. The second-order valence-corrected chi connectivity index (χ2v) is 5.06. The van der Waals surface area contributed by atoms with Crippen molar-refractivity contribution in [3.63, 3.8) is 0 Å². The normalized spacial score (nSPS) is 20.7. The van der Waals surface area contributed by atoms with Crippen LogP contribution in [0.4, 0.5) is 0 Å². The molecule has 0 aliphatic carbocycles. The first-order valence-electron chi connectivity index (χ1n) is 7.37. The highest BCUT2D eigenvalue weighted by Crippen LogP contribution is 2.15. The number of carbonyl (C=O) groups is 2. The molecule has 1 aromatic rings. The molecule has 1 aliphatic heterocycles. The monoisotopic (exact) mass is 307 g/mol. The van der Waals surface area contributed by atoms with Crippen LogP contribution in [0.15, 0.2) is 30.3 Å². The molecule has 6 nitrogen and oxygen atoms in total. The Morgan fingerprint density at radius 1 is 1.23 bits per heavy atom. The summed E-state index contributed by atoms with van der Waals surface area (Å²) in [6.45, 7) is 1.17.